The maximum atomic E-state index is 9.74. The van der Waals surface area contributed by atoms with Crippen molar-refractivity contribution in [2.75, 3.05) is 26.2 Å². The Balaban J connectivity index is 1.83. The van der Waals surface area contributed by atoms with Crippen molar-refractivity contribution in [3.63, 3.8) is 0 Å². The second-order valence-corrected chi connectivity index (χ2v) is 8.01. The Labute approximate surface area is 170 Å². The highest BCUT2D eigenvalue weighted by Gasteiger charge is 2.30. The molecule has 2 aromatic carbocycles. The minimum atomic E-state index is -0.549. The Kier molecular flexibility index (Phi) is 6.84. The zero-order chi connectivity index (χ0) is 18.7. The number of piperazine rings is 1. The fourth-order valence-corrected chi connectivity index (χ4v) is 3.90. The molecule has 6 heteroatoms. The number of alkyl halides is 1. The Hall–Kier alpha value is -0.810. The maximum Gasteiger partial charge on any atom is 0.111 e. The van der Waals surface area contributed by atoms with Gasteiger partial charge >= 0.3 is 0 Å². The number of aliphatic hydroxyl groups is 1. The predicted octanol–water partition coefficient (Wildman–Crippen LogP) is 4.65. The van der Waals surface area contributed by atoms with Gasteiger partial charge in [0.2, 0.25) is 0 Å². The highest BCUT2D eigenvalue weighted by Crippen LogP contribution is 2.31. The highest BCUT2D eigenvalue weighted by atomic mass is 35.5. The van der Waals surface area contributed by atoms with Crippen LogP contribution < -0.4 is 0 Å². The van der Waals surface area contributed by atoms with E-state index in [-0.39, 0.29) is 11.5 Å². The molecule has 0 saturated carbocycles. The first-order valence-electron chi connectivity index (χ1n) is 8.77. The summed E-state index contributed by atoms with van der Waals surface area (Å²) >= 11 is 18.5. The van der Waals surface area contributed by atoms with Crippen molar-refractivity contribution in [2.24, 2.45) is 0 Å². The molecule has 1 saturated heterocycles. The van der Waals surface area contributed by atoms with Crippen LogP contribution in [0.1, 0.15) is 24.1 Å². The maximum absolute atomic E-state index is 9.74. The topological polar surface area (TPSA) is 26.7 Å². The molecule has 1 aliphatic rings. The molecular weight excluding hydrogens is 391 g/mol. The lowest BCUT2D eigenvalue weighted by atomic mass is 9.96. The first kappa shape index (κ1) is 19.9. The largest absolute Gasteiger partial charge is 0.390 e. The SMILES string of the molecule is CC(O)C(Cl)N1CCN(C(c2ccc(Cl)cc2)c2ccc(Cl)cc2)CC1. The highest BCUT2D eigenvalue weighted by molar-refractivity contribution is 6.30. The van der Waals surface area contributed by atoms with E-state index in [1.165, 1.54) is 11.1 Å². The lowest BCUT2D eigenvalue weighted by Gasteiger charge is -2.41. The molecule has 1 N–H and O–H groups in total. The minimum Gasteiger partial charge on any atom is -0.390 e. The second kappa shape index (κ2) is 8.92. The van der Waals surface area contributed by atoms with Crippen molar-refractivity contribution in [1.82, 2.24) is 9.80 Å². The van der Waals surface area contributed by atoms with Gasteiger partial charge in [-0.3, -0.25) is 9.80 Å². The first-order chi connectivity index (χ1) is 12.5. The quantitative estimate of drug-likeness (QED) is 0.571. The lowest BCUT2D eigenvalue weighted by Crippen LogP contribution is -2.52. The van der Waals surface area contributed by atoms with Crippen LogP contribution >= 0.6 is 34.8 Å². The van der Waals surface area contributed by atoms with E-state index in [0.29, 0.717) is 0 Å². The molecule has 2 atom stereocenters. The monoisotopic (exact) mass is 412 g/mol. The van der Waals surface area contributed by atoms with E-state index in [2.05, 4.69) is 34.1 Å². The van der Waals surface area contributed by atoms with Gasteiger partial charge < -0.3 is 5.11 Å². The molecule has 0 bridgehead atoms. The van der Waals surface area contributed by atoms with Crippen molar-refractivity contribution >= 4 is 34.8 Å². The van der Waals surface area contributed by atoms with Gasteiger partial charge in [0.05, 0.1) is 12.1 Å². The molecule has 0 amide bonds. The molecule has 1 heterocycles. The number of halogens is 3. The molecule has 1 aliphatic heterocycles. The van der Waals surface area contributed by atoms with Crippen LogP contribution in [-0.4, -0.2) is 52.7 Å². The summed E-state index contributed by atoms with van der Waals surface area (Å²) in [5.74, 6) is 0. The molecule has 0 aliphatic carbocycles. The number of aliphatic hydroxyl groups excluding tert-OH is 1. The van der Waals surface area contributed by atoms with Crippen LogP contribution in [0.2, 0.25) is 10.0 Å². The van der Waals surface area contributed by atoms with Crippen molar-refractivity contribution in [1.29, 1.82) is 0 Å². The number of hydrogen-bond donors (Lipinski definition) is 1. The van der Waals surface area contributed by atoms with Gasteiger partial charge in [0.25, 0.3) is 0 Å². The summed E-state index contributed by atoms with van der Waals surface area (Å²) in [5, 5.41) is 11.2. The van der Waals surface area contributed by atoms with Gasteiger partial charge in [-0.1, -0.05) is 47.5 Å². The Morgan fingerprint density at radius 2 is 1.15 bits per heavy atom. The van der Waals surface area contributed by atoms with Crippen LogP contribution in [0.15, 0.2) is 48.5 Å². The summed E-state index contributed by atoms with van der Waals surface area (Å²) in [5.41, 5.74) is 2.05. The van der Waals surface area contributed by atoms with E-state index < -0.39 is 6.10 Å². The third kappa shape index (κ3) is 4.72. The lowest BCUT2D eigenvalue weighted by molar-refractivity contribution is 0.0526. The molecule has 0 spiro atoms. The van der Waals surface area contributed by atoms with E-state index >= 15 is 0 Å². The zero-order valence-corrected chi connectivity index (χ0v) is 16.9. The van der Waals surface area contributed by atoms with Gasteiger partial charge in [0.1, 0.15) is 5.50 Å². The van der Waals surface area contributed by atoms with Crippen LogP contribution in [0.4, 0.5) is 0 Å². The van der Waals surface area contributed by atoms with Gasteiger partial charge in [-0.15, -0.1) is 11.6 Å². The Morgan fingerprint density at radius 1 is 0.769 bits per heavy atom. The molecular formula is C20H23Cl3N2O. The summed E-state index contributed by atoms with van der Waals surface area (Å²) in [7, 11) is 0. The normalized spacial score (nSPS) is 18.8. The number of hydrogen-bond acceptors (Lipinski definition) is 3. The van der Waals surface area contributed by atoms with Crippen LogP contribution in [0, 0.1) is 0 Å². The van der Waals surface area contributed by atoms with E-state index in [1.54, 1.807) is 6.92 Å². The van der Waals surface area contributed by atoms with Crippen molar-refractivity contribution in [3.05, 3.63) is 69.7 Å². The fourth-order valence-electron chi connectivity index (χ4n) is 3.45. The van der Waals surface area contributed by atoms with Crippen LogP contribution in [0.3, 0.4) is 0 Å². The van der Waals surface area contributed by atoms with Crippen LogP contribution in [0.5, 0.6) is 0 Å². The van der Waals surface area contributed by atoms with Gasteiger partial charge in [-0.05, 0) is 42.3 Å². The average molecular weight is 414 g/mol. The van der Waals surface area contributed by atoms with Gasteiger partial charge in [-0.2, -0.15) is 0 Å². The standard InChI is InChI=1S/C20H23Cl3N2O/c1-14(26)20(23)25-12-10-24(11-13-25)19(15-2-6-17(21)7-3-15)16-4-8-18(22)9-5-16/h2-9,14,19-20,26H,10-13H2,1H3. The van der Waals surface area contributed by atoms with Crippen molar-refractivity contribution in [3.8, 4) is 0 Å². The predicted molar refractivity (Wildman–Crippen MR) is 109 cm³/mol. The summed E-state index contributed by atoms with van der Waals surface area (Å²) in [6.07, 6.45) is -0.549. The van der Waals surface area contributed by atoms with E-state index in [1.807, 2.05) is 24.3 Å². The summed E-state index contributed by atoms with van der Waals surface area (Å²) < 4.78 is 0. The molecule has 0 aromatic heterocycles. The summed E-state index contributed by atoms with van der Waals surface area (Å²) in [6, 6.07) is 16.2. The third-order valence-corrected chi connectivity index (χ3v) is 5.98. The molecule has 2 aromatic rings. The minimum absolute atomic E-state index is 0.131. The van der Waals surface area contributed by atoms with Crippen LogP contribution in [0.25, 0.3) is 0 Å². The van der Waals surface area contributed by atoms with Gasteiger partial charge in [0, 0.05) is 36.2 Å². The average Bonchev–Trinajstić information content (AvgIpc) is 2.65. The van der Waals surface area contributed by atoms with E-state index in [9.17, 15) is 5.11 Å². The first-order valence-corrected chi connectivity index (χ1v) is 9.96. The van der Waals surface area contributed by atoms with E-state index in [0.717, 1.165) is 36.2 Å². The van der Waals surface area contributed by atoms with E-state index in [4.69, 9.17) is 34.8 Å². The summed E-state index contributed by atoms with van der Waals surface area (Å²) in [6.45, 7) is 5.10. The molecule has 3 nitrogen and oxygen atoms in total. The molecule has 0 radical (unpaired) electrons. The summed E-state index contributed by atoms with van der Waals surface area (Å²) in [4.78, 5) is 4.57. The van der Waals surface area contributed by atoms with Crippen molar-refractivity contribution < 1.29 is 5.11 Å². The smallest absolute Gasteiger partial charge is 0.111 e. The Morgan fingerprint density at radius 3 is 1.54 bits per heavy atom. The molecule has 2 unspecified atom stereocenters. The van der Waals surface area contributed by atoms with Crippen molar-refractivity contribution in [2.45, 2.75) is 24.6 Å². The third-order valence-electron chi connectivity index (χ3n) is 4.83. The zero-order valence-electron chi connectivity index (χ0n) is 14.7. The molecule has 1 fully saturated rings. The number of benzene rings is 2. The Bertz CT molecular complexity index is 653. The number of rotatable bonds is 5. The fraction of sp³-hybridized carbons (Fsp3) is 0.400. The molecule has 26 heavy (non-hydrogen) atoms. The number of nitrogens with zero attached hydrogens (tertiary/aromatic N) is 2. The van der Waals surface area contributed by atoms with Crippen LogP contribution in [-0.2, 0) is 0 Å². The molecule has 140 valence electrons. The second-order valence-electron chi connectivity index (χ2n) is 6.69. The van der Waals surface area contributed by atoms with Gasteiger partial charge in [-0.25, -0.2) is 0 Å². The van der Waals surface area contributed by atoms with Gasteiger partial charge in [0.15, 0.2) is 0 Å². The molecule has 3 rings (SSSR count).